The van der Waals surface area contributed by atoms with E-state index in [9.17, 15) is 4.79 Å². The van der Waals surface area contributed by atoms with Crippen molar-refractivity contribution in [1.29, 1.82) is 0 Å². The fraction of sp³-hybridized carbons (Fsp3) is 0.381. The van der Waals surface area contributed by atoms with Gasteiger partial charge in [0.05, 0.1) is 6.61 Å². The van der Waals surface area contributed by atoms with E-state index in [1.54, 1.807) is 0 Å². The molecule has 0 saturated heterocycles. The third-order valence-corrected chi connectivity index (χ3v) is 7.00. The van der Waals surface area contributed by atoms with Gasteiger partial charge in [0, 0.05) is 0 Å². The Bertz CT molecular complexity index is 688. The molecule has 0 unspecified atom stereocenters. The van der Waals surface area contributed by atoms with Gasteiger partial charge in [0.15, 0.2) is 0 Å². The zero-order valence-corrected chi connectivity index (χ0v) is 15.9. The lowest BCUT2D eigenvalue weighted by Crippen LogP contribution is -2.40. The Morgan fingerprint density at radius 2 is 2.00 bits per heavy atom. The van der Waals surface area contributed by atoms with E-state index >= 15 is 0 Å². The van der Waals surface area contributed by atoms with Crippen molar-refractivity contribution in [2.45, 2.75) is 45.7 Å². The zero-order chi connectivity index (χ0) is 17.4. The fourth-order valence-electron chi connectivity index (χ4n) is 2.77. The second-order valence-electron chi connectivity index (χ2n) is 6.59. The normalized spacial score (nSPS) is 15.1. The Balaban J connectivity index is 2.33. The van der Waals surface area contributed by atoms with Crippen LogP contribution in [0.2, 0.25) is 13.1 Å². The maximum Gasteiger partial charge on any atom is 0.345 e. The average Bonchev–Trinajstić information content (AvgIpc) is 2.60. The van der Waals surface area contributed by atoms with Crippen LogP contribution < -0.4 is 5.19 Å². The molecule has 0 atom stereocenters. The van der Waals surface area contributed by atoms with Crippen LogP contribution in [0, 0.1) is 11.8 Å². The highest BCUT2D eigenvalue weighted by atomic mass is 28.3. The number of carbonyl (C=O) groups is 1. The standard InChI is InChI=1S/C21H26O2Si/c1-4-23-21(22)19(16-15-18-11-7-5-8-12-18)17-24(2,3)20-13-9-6-10-14-20/h6,9-11,13-14,17H,4-5,7-8,12H2,1-3H3/b19-17-. The van der Waals surface area contributed by atoms with Crippen molar-refractivity contribution in [3.8, 4) is 11.8 Å². The predicted molar refractivity (Wildman–Crippen MR) is 103 cm³/mol. The van der Waals surface area contributed by atoms with Gasteiger partial charge >= 0.3 is 5.97 Å². The quantitative estimate of drug-likeness (QED) is 0.357. The van der Waals surface area contributed by atoms with Crippen LogP contribution in [0.1, 0.15) is 32.6 Å². The number of ether oxygens (including phenoxy) is 1. The second-order valence-corrected chi connectivity index (χ2v) is 10.9. The molecule has 0 spiro atoms. The first kappa shape index (κ1) is 18.3. The van der Waals surface area contributed by atoms with Gasteiger partial charge in [0.1, 0.15) is 13.6 Å². The van der Waals surface area contributed by atoms with Crippen LogP contribution in [0.15, 0.2) is 53.3 Å². The number of rotatable bonds is 4. The summed E-state index contributed by atoms with van der Waals surface area (Å²) < 4.78 is 5.22. The number of hydrogen-bond acceptors (Lipinski definition) is 2. The molecule has 2 rings (SSSR count). The van der Waals surface area contributed by atoms with Crippen molar-refractivity contribution in [3.63, 3.8) is 0 Å². The molecule has 0 aromatic heterocycles. The van der Waals surface area contributed by atoms with E-state index in [1.807, 2.05) is 25.1 Å². The molecule has 0 saturated carbocycles. The molecule has 1 aromatic rings. The maximum atomic E-state index is 12.3. The van der Waals surface area contributed by atoms with E-state index in [1.165, 1.54) is 18.0 Å². The molecule has 0 aliphatic heterocycles. The molecule has 0 amide bonds. The lowest BCUT2D eigenvalue weighted by Gasteiger charge is -2.19. The molecule has 1 aliphatic carbocycles. The highest BCUT2D eigenvalue weighted by Gasteiger charge is 2.23. The van der Waals surface area contributed by atoms with Crippen molar-refractivity contribution in [3.05, 3.63) is 53.3 Å². The lowest BCUT2D eigenvalue weighted by molar-refractivity contribution is -0.137. The first-order chi connectivity index (χ1) is 11.5. The van der Waals surface area contributed by atoms with Crippen molar-refractivity contribution in [2.24, 2.45) is 0 Å². The van der Waals surface area contributed by atoms with E-state index in [4.69, 9.17) is 4.74 Å². The molecule has 3 heteroatoms. The summed E-state index contributed by atoms with van der Waals surface area (Å²) in [7, 11) is -1.91. The molecule has 0 bridgehead atoms. The smallest absolute Gasteiger partial charge is 0.345 e. The van der Waals surface area contributed by atoms with Gasteiger partial charge in [0.25, 0.3) is 0 Å². The van der Waals surface area contributed by atoms with Crippen LogP contribution in [0.5, 0.6) is 0 Å². The minimum atomic E-state index is -1.91. The Morgan fingerprint density at radius 1 is 1.25 bits per heavy atom. The van der Waals surface area contributed by atoms with Crippen LogP contribution in [0.25, 0.3) is 0 Å². The molecule has 0 N–H and O–H groups in total. The van der Waals surface area contributed by atoms with Crippen LogP contribution in [0.3, 0.4) is 0 Å². The predicted octanol–water partition coefficient (Wildman–Crippen LogP) is 4.13. The monoisotopic (exact) mass is 338 g/mol. The average molecular weight is 339 g/mol. The van der Waals surface area contributed by atoms with Gasteiger partial charge in [-0.3, -0.25) is 0 Å². The third-order valence-electron chi connectivity index (χ3n) is 4.17. The number of benzene rings is 1. The van der Waals surface area contributed by atoms with Gasteiger partial charge in [-0.2, -0.15) is 0 Å². The molecule has 0 fully saturated rings. The molecular weight excluding hydrogens is 312 g/mol. The van der Waals surface area contributed by atoms with Crippen LogP contribution >= 0.6 is 0 Å². The second kappa shape index (κ2) is 8.70. The van der Waals surface area contributed by atoms with Gasteiger partial charge in [-0.25, -0.2) is 4.79 Å². The topological polar surface area (TPSA) is 26.3 Å². The maximum absolute atomic E-state index is 12.3. The molecule has 126 valence electrons. The van der Waals surface area contributed by atoms with E-state index in [0.29, 0.717) is 12.2 Å². The number of esters is 1. The van der Waals surface area contributed by atoms with E-state index < -0.39 is 8.07 Å². The summed E-state index contributed by atoms with van der Waals surface area (Å²) in [4.78, 5) is 12.3. The van der Waals surface area contributed by atoms with E-state index in [0.717, 1.165) is 18.4 Å². The zero-order valence-electron chi connectivity index (χ0n) is 14.9. The van der Waals surface area contributed by atoms with E-state index in [-0.39, 0.29) is 5.97 Å². The summed E-state index contributed by atoms with van der Waals surface area (Å²) in [6, 6.07) is 10.4. The number of allylic oxidation sites excluding steroid dienone is 2. The highest BCUT2D eigenvalue weighted by molar-refractivity contribution is 6.94. The van der Waals surface area contributed by atoms with Crippen molar-refractivity contribution >= 4 is 19.2 Å². The van der Waals surface area contributed by atoms with Crippen LogP contribution in [-0.2, 0) is 9.53 Å². The summed E-state index contributed by atoms with van der Waals surface area (Å²) in [5, 5.41) is 1.28. The Hall–Kier alpha value is -2.05. The molecular formula is C21H26O2Si. The summed E-state index contributed by atoms with van der Waals surface area (Å²) in [6.45, 7) is 6.65. The van der Waals surface area contributed by atoms with Gasteiger partial charge in [-0.15, -0.1) is 0 Å². The van der Waals surface area contributed by atoms with Gasteiger partial charge in [-0.05, 0) is 38.2 Å². The minimum Gasteiger partial charge on any atom is -0.462 e. The highest BCUT2D eigenvalue weighted by Crippen LogP contribution is 2.17. The van der Waals surface area contributed by atoms with Gasteiger partial charge < -0.3 is 4.74 Å². The molecule has 0 radical (unpaired) electrons. The summed E-state index contributed by atoms with van der Waals surface area (Å²) in [6.07, 6.45) is 6.72. The molecule has 1 aromatic carbocycles. The molecule has 0 heterocycles. The fourth-order valence-corrected chi connectivity index (χ4v) is 4.90. The van der Waals surface area contributed by atoms with Crippen molar-refractivity contribution in [1.82, 2.24) is 0 Å². The van der Waals surface area contributed by atoms with Crippen molar-refractivity contribution < 1.29 is 9.53 Å². The van der Waals surface area contributed by atoms with Crippen LogP contribution in [0.4, 0.5) is 0 Å². The summed E-state index contributed by atoms with van der Waals surface area (Å²) in [5.74, 6) is 5.99. The Kier molecular flexibility index (Phi) is 6.63. The van der Waals surface area contributed by atoms with Gasteiger partial charge in [-0.1, -0.05) is 72.2 Å². The largest absolute Gasteiger partial charge is 0.462 e. The molecule has 24 heavy (non-hydrogen) atoms. The summed E-state index contributed by atoms with van der Waals surface area (Å²) >= 11 is 0. The Labute approximate surface area is 146 Å². The molecule has 2 nitrogen and oxygen atoms in total. The number of carbonyl (C=O) groups excluding carboxylic acids is 1. The SMILES string of the molecule is CCOC(=O)/C(C#CC1=CCCCC1)=C\[Si](C)(C)c1ccccc1. The molecule has 1 aliphatic rings. The van der Waals surface area contributed by atoms with Gasteiger partial charge in [0.2, 0.25) is 0 Å². The van der Waals surface area contributed by atoms with E-state index in [2.05, 4.69) is 48.8 Å². The Morgan fingerprint density at radius 3 is 2.62 bits per heavy atom. The van der Waals surface area contributed by atoms with Crippen molar-refractivity contribution in [2.75, 3.05) is 6.61 Å². The van der Waals surface area contributed by atoms with Crippen LogP contribution in [-0.4, -0.2) is 20.7 Å². The third kappa shape index (κ3) is 5.25. The minimum absolute atomic E-state index is 0.307. The lowest BCUT2D eigenvalue weighted by atomic mass is 10.00. The summed E-state index contributed by atoms with van der Waals surface area (Å²) in [5.41, 5.74) is 3.72. The first-order valence-electron chi connectivity index (χ1n) is 8.69. The number of hydrogen-bond donors (Lipinski definition) is 0. The first-order valence-corrected chi connectivity index (χ1v) is 11.8.